The van der Waals surface area contributed by atoms with Crippen LogP contribution in [0, 0.1) is 11.8 Å². The zero-order valence-electron chi connectivity index (χ0n) is 15.0. The van der Waals surface area contributed by atoms with Gasteiger partial charge < -0.3 is 25.2 Å². The van der Waals surface area contributed by atoms with Crippen LogP contribution in [0.2, 0.25) is 0 Å². The third-order valence-corrected chi connectivity index (χ3v) is 6.76. The first-order chi connectivity index (χ1) is 11.9. The van der Waals surface area contributed by atoms with Crippen LogP contribution in [0.3, 0.4) is 0 Å². The lowest BCUT2D eigenvalue weighted by atomic mass is 9.84. The maximum atomic E-state index is 12.8. The molecule has 4 aliphatic heterocycles. The summed E-state index contributed by atoms with van der Waals surface area (Å²) in [7, 11) is 0. The average Bonchev–Trinajstić information content (AvgIpc) is 2.58. The number of halogens is 1. The summed E-state index contributed by atoms with van der Waals surface area (Å²) in [6, 6.07) is -0.443. The topological polar surface area (TPSA) is 79.8 Å². The summed E-state index contributed by atoms with van der Waals surface area (Å²) in [5, 5.41) is 16.2. The number of hydrogen-bond acceptors (Lipinski definition) is 6. The number of nitrogens with one attached hydrogen (secondary N) is 2. The Morgan fingerprint density at radius 3 is 2.80 bits per heavy atom. The van der Waals surface area contributed by atoms with Crippen LogP contribution in [0.5, 0.6) is 0 Å². The van der Waals surface area contributed by atoms with Crippen molar-refractivity contribution in [2.45, 2.75) is 68.0 Å². The highest BCUT2D eigenvalue weighted by Gasteiger charge is 2.63. The van der Waals surface area contributed by atoms with Gasteiger partial charge in [-0.25, -0.2) is 0 Å². The standard InChI is InChI=1S/C17H29ClN2O4S/c1-4-10-5-11(8-19-7-10)15(22)20-14(9(2)18)17-6-12(23-17)13(21)16(24-17)25-3/h9-14,16,19,21H,4-8H2,1-3H3,(H,20,22)/t9?,10?,11?,12?,13-,14?,16+,17?/m0/s1. The number of piperidine rings is 1. The van der Waals surface area contributed by atoms with Gasteiger partial charge >= 0.3 is 0 Å². The summed E-state index contributed by atoms with van der Waals surface area (Å²) in [5.41, 5.74) is -0.358. The van der Waals surface area contributed by atoms with E-state index in [9.17, 15) is 9.90 Å². The molecular weight excluding hydrogens is 364 g/mol. The van der Waals surface area contributed by atoms with Crippen molar-refractivity contribution in [1.29, 1.82) is 0 Å². The van der Waals surface area contributed by atoms with Gasteiger partial charge in [-0.3, -0.25) is 4.79 Å². The highest BCUT2D eigenvalue weighted by atomic mass is 35.5. The van der Waals surface area contributed by atoms with E-state index in [1.165, 1.54) is 11.8 Å². The Balaban J connectivity index is 1.67. The molecule has 0 spiro atoms. The Bertz CT molecular complexity index is 489. The van der Waals surface area contributed by atoms with Gasteiger partial charge in [-0.2, -0.15) is 0 Å². The Hall–Kier alpha value is -0.0500. The third kappa shape index (κ3) is 3.82. The number of ether oxygens (including phenoxy) is 2. The molecule has 4 rings (SSSR count). The first-order valence-electron chi connectivity index (χ1n) is 9.11. The smallest absolute Gasteiger partial charge is 0.224 e. The van der Waals surface area contributed by atoms with E-state index in [0.29, 0.717) is 18.9 Å². The van der Waals surface area contributed by atoms with Gasteiger partial charge in [0.1, 0.15) is 11.5 Å². The van der Waals surface area contributed by atoms with Crippen molar-refractivity contribution in [3.8, 4) is 0 Å². The van der Waals surface area contributed by atoms with Crippen molar-refractivity contribution in [3.63, 3.8) is 0 Å². The van der Waals surface area contributed by atoms with Gasteiger partial charge in [0.2, 0.25) is 5.91 Å². The molecule has 0 saturated carbocycles. The number of amides is 1. The average molecular weight is 393 g/mol. The van der Waals surface area contributed by atoms with E-state index in [-0.39, 0.29) is 28.7 Å². The van der Waals surface area contributed by atoms with E-state index in [1.807, 2.05) is 13.2 Å². The van der Waals surface area contributed by atoms with Gasteiger partial charge in [-0.05, 0) is 32.1 Å². The number of carbonyl (C=O) groups is 1. The van der Waals surface area contributed by atoms with E-state index >= 15 is 0 Å². The highest BCUT2D eigenvalue weighted by Crippen LogP contribution is 2.48. The van der Waals surface area contributed by atoms with Crippen LogP contribution in [0.1, 0.15) is 33.1 Å². The van der Waals surface area contributed by atoms with Crippen LogP contribution in [0.25, 0.3) is 0 Å². The summed E-state index contributed by atoms with van der Waals surface area (Å²) in [4.78, 5) is 12.8. The molecule has 0 aromatic heterocycles. The zero-order chi connectivity index (χ0) is 18.2. The number of aliphatic hydroxyl groups excluding tert-OH is 1. The summed E-state index contributed by atoms with van der Waals surface area (Å²) in [5.74, 6) is -0.462. The maximum absolute atomic E-state index is 12.8. The molecule has 25 heavy (non-hydrogen) atoms. The summed E-state index contributed by atoms with van der Waals surface area (Å²) >= 11 is 7.85. The predicted molar refractivity (Wildman–Crippen MR) is 98.6 cm³/mol. The number of fused-ring (bicyclic) bond motifs is 2. The second-order valence-electron chi connectivity index (χ2n) is 7.41. The Kier molecular flexibility index (Phi) is 6.23. The molecule has 4 aliphatic rings. The van der Waals surface area contributed by atoms with Gasteiger partial charge in [-0.15, -0.1) is 23.4 Å². The van der Waals surface area contributed by atoms with Crippen LogP contribution in [0.15, 0.2) is 0 Å². The number of thioether (sulfide) groups is 1. The lowest BCUT2D eigenvalue weighted by Gasteiger charge is -2.59. The third-order valence-electron chi connectivity index (χ3n) is 5.66. The molecule has 2 bridgehead atoms. The lowest BCUT2D eigenvalue weighted by Crippen LogP contribution is -2.75. The van der Waals surface area contributed by atoms with Gasteiger partial charge in [-0.1, -0.05) is 13.3 Å². The van der Waals surface area contributed by atoms with E-state index in [1.54, 1.807) is 0 Å². The molecule has 1 amide bonds. The van der Waals surface area contributed by atoms with Gasteiger partial charge in [0.25, 0.3) is 0 Å². The van der Waals surface area contributed by atoms with E-state index in [2.05, 4.69) is 17.6 Å². The normalized spacial score (nSPS) is 43.0. The second kappa shape index (κ2) is 7.90. The Morgan fingerprint density at radius 1 is 1.48 bits per heavy atom. The molecule has 8 atom stereocenters. The first kappa shape index (κ1) is 19.7. The largest absolute Gasteiger partial charge is 0.387 e. The Morgan fingerprint density at radius 2 is 2.20 bits per heavy atom. The van der Waals surface area contributed by atoms with Crippen molar-refractivity contribution in [3.05, 3.63) is 0 Å². The molecule has 4 heterocycles. The van der Waals surface area contributed by atoms with E-state index in [0.717, 1.165) is 19.4 Å². The van der Waals surface area contributed by atoms with Crippen LogP contribution < -0.4 is 10.6 Å². The van der Waals surface area contributed by atoms with Crippen molar-refractivity contribution in [2.24, 2.45) is 11.8 Å². The molecule has 6 unspecified atom stereocenters. The molecule has 0 aliphatic carbocycles. The fourth-order valence-electron chi connectivity index (χ4n) is 4.08. The Labute approximate surface area is 158 Å². The minimum absolute atomic E-state index is 0.00000142. The summed E-state index contributed by atoms with van der Waals surface area (Å²) in [6.07, 6.45) is 3.50. The zero-order valence-corrected chi connectivity index (χ0v) is 16.6. The van der Waals surface area contributed by atoms with Crippen molar-refractivity contribution in [2.75, 3.05) is 19.3 Å². The molecule has 6 nitrogen and oxygen atoms in total. The van der Waals surface area contributed by atoms with Gasteiger partial charge in [0.05, 0.1) is 23.4 Å². The van der Waals surface area contributed by atoms with Gasteiger partial charge in [0.15, 0.2) is 5.79 Å². The molecule has 144 valence electrons. The van der Waals surface area contributed by atoms with Crippen LogP contribution >= 0.6 is 23.4 Å². The fourth-order valence-corrected chi connectivity index (χ4v) is 5.05. The monoisotopic (exact) mass is 392 g/mol. The molecule has 0 radical (unpaired) electrons. The van der Waals surface area contributed by atoms with Crippen molar-refractivity contribution in [1.82, 2.24) is 10.6 Å². The van der Waals surface area contributed by atoms with Crippen molar-refractivity contribution < 1.29 is 19.4 Å². The first-order valence-corrected chi connectivity index (χ1v) is 10.8. The predicted octanol–water partition coefficient (Wildman–Crippen LogP) is 1.30. The highest BCUT2D eigenvalue weighted by molar-refractivity contribution is 7.99. The minimum atomic E-state index is -0.930. The maximum Gasteiger partial charge on any atom is 0.224 e. The summed E-state index contributed by atoms with van der Waals surface area (Å²) in [6.45, 7) is 5.66. The number of rotatable bonds is 6. The van der Waals surface area contributed by atoms with Crippen LogP contribution in [-0.4, -0.2) is 65.2 Å². The SMILES string of the molecule is CCC1CNCC(C(=O)NC(C(C)Cl)C23CC(O2)[C@H](O)[C@@H](SC)O3)C1. The van der Waals surface area contributed by atoms with Gasteiger partial charge in [0, 0.05) is 13.0 Å². The van der Waals surface area contributed by atoms with Crippen LogP contribution in [-0.2, 0) is 14.3 Å². The number of aliphatic hydroxyl groups is 1. The van der Waals surface area contributed by atoms with E-state index in [4.69, 9.17) is 21.1 Å². The number of alkyl halides is 1. The molecule has 4 fully saturated rings. The molecule has 0 aromatic rings. The number of carbonyl (C=O) groups excluding carboxylic acids is 1. The quantitative estimate of drug-likeness (QED) is 0.591. The summed E-state index contributed by atoms with van der Waals surface area (Å²) < 4.78 is 11.9. The minimum Gasteiger partial charge on any atom is -0.387 e. The molecular formula is C17H29ClN2O4S. The molecule has 0 aromatic carbocycles. The molecule has 4 saturated heterocycles. The molecule has 3 N–H and O–H groups in total. The number of hydrogen-bond donors (Lipinski definition) is 3. The fraction of sp³-hybridized carbons (Fsp3) is 0.941. The van der Waals surface area contributed by atoms with E-state index < -0.39 is 17.9 Å². The molecule has 8 heteroatoms. The van der Waals surface area contributed by atoms with Crippen molar-refractivity contribution >= 4 is 29.3 Å². The van der Waals surface area contributed by atoms with Crippen LogP contribution in [0.4, 0.5) is 0 Å². The lowest BCUT2D eigenvalue weighted by molar-refractivity contribution is -0.417. The second-order valence-corrected chi connectivity index (χ2v) is 9.04.